The third-order valence-electron chi connectivity index (χ3n) is 2.01. The Bertz CT molecular complexity index is 187. The molecular formula is C8H13NO2. The monoisotopic (exact) mass is 155 g/mol. The second kappa shape index (κ2) is 3.53. The van der Waals surface area contributed by atoms with E-state index in [0.717, 1.165) is 12.8 Å². The molecule has 0 aromatic rings. The first kappa shape index (κ1) is 8.27. The van der Waals surface area contributed by atoms with Crippen LogP contribution in [0.2, 0.25) is 0 Å². The standard InChI is InChI=1S/C8H13NO2/c1-9-7-4-2-3-6(5-7)8(10)11/h5,7,9H,2-4H2,1H3,(H,10,11)/t7-/m1/s1. The maximum atomic E-state index is 10.5. The summed E-state index contributed by atoms with van der Waals surface area (Å²) in [5, 5.41) is 11.7. The van der Waals surface area contributed by atoms with Gasteiger partial charge in [0.15, 0.2) is 0 Å². The van der Waals surface area contributed by atoms with E-state index >= 15 is 0 Å². The number of likely N-dealkylation sites (N-methyl/N-ethyl adjacent to an activating group) is 1. The molecule has 0 aromatic heterocycles. The third kappa shape index (κ3) is 2.05. The van der Waals surface area contributed by atoms with Gasteiger partial charge in [0.25, 0.3) is 0 Å². The van der Waals surface area contributed by atoms with Crippen molar-refractivity contribution in [3.05, 3.63) is 11.6 Å². The SMILES string of the molecule is CN[C@H]1C=C(C(=O)O)CCC1. The van der Waals surface area contributed by atoms with E-state index in [0.29, 0.717) is 12.0 Å². The van der Waals surface area contributed by atoms with Gasteiger partial charge in [0, 0.05) is 11.6 Å². The second-order valence-corrected chi connectivity index (χ2v) is 2.78. The van der Waals surface area contributed by atoms with E-state index in [1.165, 1.54) is 0 Å². The Kier molecular flexibility index (Phi) is 2.65. The molecule has 0 bridgehead atoms. The molecule has 62 valence electrons. The zero-order valence-electron chi connectivity index (χ0n) is 6.63. The van der Waals surface area contributed by atoms with Crippen molar-refractivity contribution in [2.75, 3.05) is 7.05 Å². The van der Waals surface area contributed by atoms with Crippen LogP contribution in [0, 0.1) is 0 Å². The van der Waals surface area contributed by atoms with Gasteiger partial charge in [0.05, 0.1) is 0 Å². The van der Waals surface area contributed by atoms with Gasteiger partial charge in [0.2, 0.25) is 0 Å². The van der Waals surface area contributed by atoms with Crippen molar-refractivity contribution in [2.24, 2.45) is 0 Å². The molecule has 0 saturated carbocycles. The normalized spacial score (nSPS) is 24.5. The maximum Gasteiger partial charge on any atom is 0.331 e. The molecule has 0 fully saturated rings. The largest absolute Gasteiger partial charge is 0.478 e. The Morgan fingerprint density at radius 2 is 2.55 bits per heavy atom. The molecule has 0 unspecified atom stereocenters. The number of aliphatic carboxylic acids is 1. The van der Waals surface area contributed by atoms with Crippen molar-refractivity contribution in [2.45, 2.75) is 25.3 Å². The van der Waals surface area contributed by atoms with Gasteiger partial charge in [-0.25, -0.2) is 4.79 Å². The minimum atomic E-state index is -0.773. The lowest BCUT2D eigenvalue weighted by Crippen LogP contribution is -2.26. The van der Waals surface area contributed by atoms with Crippen LogP contribution in [0.4, 0.5) is 0 Å². The highest BCUT2D eigenvalue weighted by Gasteiger charge is 2.15. The molecule has 2 N–H and O–H groups in total. The molecule has 0 saturated heterocycles. The van der Waals surface area contributed by atoms with Gasteiger partial charge < -0.3 is 10.4 Å². The Balaban J connectivity index is 2.64. The highest BCUT2D eigenvalue weighted by Crippen LogP contribution is 2.17. The molecule has 1 aliphatic rings. The van der Waals surface area contributed by atoms with E-state index in [9.17, 15) is 4.79 Å². The van der Waals surface area contributed by atoms with Crippen molar-refractivity contribution >= 4 is 5.97 Å². The lowest BCUT2D eigenvalue weighted by Gasteiger charge is -2.17. The van der Waals surface area contributed by atoms with Crippen molar-refractivity contribution in [1.29, 1.82) is 0 Å². The Labute approximate surface area is 66.1 Å². The predicted octanol–water partition coefficient (Wildman–Crippen LogP) is 0.769. The fourth-order valence-electron chi connectivity index (χ4n) is 1.33. The Morgan fingerprint density at radius 3 is 3.09 bits per heavy atom. The van der Waals surface area contributed by atoms with E-state index in [2.05, 4.69) is 5.32 Å². The molecule has 3 heteroatoms. The van der Waals surface area contributed by atoms with E-state index in [-0.39, 0.29) is 6.04 Å². The van der Waals surface area contributed by atoms with Gasteiger partial charge in [-0.3, -0.25) is 0 Å². The van der Waals surface area contributed by atoms with Crippen molar-refractivity contribution in [1.82, 2.24) is 5.32 Å². The van der Waals surface area contributed by atoms with Crippen LogP contribution in [0.25, 0.3) is 0 Å². The van der Waals surface area contributed by atoms with E-state index in [4.69, 9.17) is 5.11 Å². The summed E-state index contributed by atoms with van der Waals surface area (Å²) in [7, 11) is 1.85. The van der Waals surface area contributed by atoms with Gasteiger partial charge in [-0.2, -0.15) is 0 Å². The van der Waals surface area contributed by atoms with Crippen LogP contribution < -0.4 is 5.32 Å². The minimum absolute atomic E-state index is 0.259. The first-order valence-corrected chi connectivity index (χ1v) is 3.85. The summed E-state index contributed by atoms with van der Waals surface area (Å²) in [4.78, 5) is 10.5. The molecular weight excluding hydrogens is 142 g/mol. The summed E-state index contributed by atoms with van der Waals surface area (Å²) < 4.78 is 0. The second-order valence-electron chi connectivity index (χ2n) is 2.78. The molecule has 0 aliphatic heterocycles. The van der Waals surface area contributed by atoms with Crippen molar-refractivity contribution in [3.8, 4) is 0 Å². The lowest BCUT2D eigenvalue weighted by atomic mass is 9.96. The van der Waals surface area contributed by atoms with Crippen LogP contribution in [0.1, 0.15) is 19.3 Å². The summed E-state index contributed by atoms with van der Waals surface area (Å²) in [6.45, 7) is 0. The number of rotatable bonds is 2. The van der Waals surface area contributed by atoms with Gasteiger partial charge >= 0.3 is 5.97 Å². The van der Waals surface area contributed by atoms with Crippen LogP contribution in [-0.4, -0.2) is 24.2 Å². The van der Waals surface area contributed by atoms with Crippen LogP contribution in [-0.2, 0) is 4.79 Å². The number of carbonyl (C=O) groups is 1. The first-order valence-electron chi connectivity index (χ1n) is 3.85. The highest BCUT2D eigenvalue weighted by molar-refractivity contribution is 5.86. The zero-order chi connectivity index (χ0) is 8.27. The lowest BCUT2D eigenvalue weighted by molar-refractivity contribution is -0.132. The fourth-order valence-corrected chi connectivity index (χ4v) is 1.33. The number of hydrogen-bond acceptors (Lipinski definition) is 2. The maximum absolute atomic E-state index is 10.5. The summed E-state index contributed by atoms with van der Waals surface area (Å²) in [6.07, 6.45) is 4.55. The van der Waals surface area contributed by atoms with Crippen LogP contribution in [0.15, 0.2) is 11.6 Å². The first-order chi connectivity index (χ1) is 5.24. The topological polar surface area (TPSA) is 49.3 Å². The molecule has 0 spiro atoms. The van der Waals surface area contributed by atoms with Gasteiger partial charge in [-0.15, -0.1) is 0 Å². The average molecular weight is 155 g/mol. The Hall–Kier alpha value is -0.830. The highest BCUT2D eigenvalue weighted by atomic mass is 16.4. The third-order valence-corrected chi connectivity index (χ3v) is 2.01. The Morgan fingerprint density at radius 1 is 1.82 bits per heavy atom. The molecule has 0 aromatic carbocycles. The number of nitrogens with one attached hydrogen (secondary N) is 1. The molecule has 0 heterocycles. The molecule has 3 nitrogen and oxygen atoms in total. The number of carboxylic acids is 1. The van der Waals surface area contributed by atoms with Crippen LogP contribution in [0.5, 0.6) is 0 Å². The molecule has 1 atom stereocenters. The summed E-state index contributed by atoms with van der Waals surface area (Å²) in [6, 6.07) is 0.259. The average Bonchev–Trinajstić information content (AvgIpc) is 2.05. The quantitative estimate of drug-likeness (QED) is 0.619. The fraction of sp³-hybridized carbons (Fsp3) is 0.625. The molecule has 0 radical (unpaired) electrons. The van der Waals surface area contributed by atoms with Gasteiger partial charge in [-0.05, 0) is 26.3 Å². The van der Waals surface area contributed by atoms with Gasteiger partial charge in [-0.1, -0.05) is 6.08 Å². The van der Waals surface area contributed by atoms with Crippen LogP contribution in [0.3, 0.4) is 0 Å². The molecule has 11 heavy (non-hydrogen) atoms. The van der Waals surface area contributed by atoms with Gasteiger partial charge in [0.1, 0.15) is 0 Å². The van der Waals surface area contributed by atoms with Crippen molar-refractivity contribution in [3.63, 3.8) is 0 Å². The smallest absolute Gasteiger partial charge is 0.331 e. The summed E-state index contributed by atoms with van der Waals surface area (Å²) in [5.74, 6) is -0.773. The van der Waals surface area contributed by atoms with E-state index < -0.39 is 5.97 Å². The molecule has 0 amide bonds. The van der Waals surface area contributed by atoms with E-state index in [1.807, 2.05) is 13.1 Å². The number of carboxylic acid groups (broad SMARTS) is 1. The van der Waals surface area contributed by atoms with Crippen LogP contribution >= 0.6 is 0 Å². The molecule has 1 aliphatic carbocycles. The van der Waals surface area contributed by atoms with Crippen molar-refractivity contribution < 1.29 is 9.90 Å². The minimum Gasteiger partial charge on any atom is -0.478 e. The predicted molar refractivity (Wildman–Crippen MR) is 42.4 cm³/mol. The summed E-state index contributed by atoms with van der Waals surface area (Å²) in [5.41, 5.74) is 0.551. The number of hydrogen-bond donors (Lipinski definition) is 2. The zero-order valence-corrected chi connectivity index (χ0v) is 6.63. The molecule has 1 rings (SSSR count). The van der Waals surface area contributed by atoms with E-state index in [1.54, 1.807) is 0 Å². The summed E-state index contributed by atoms with van der Waals surface area (Å²) >= 11 is 0.